The molecule has 0 aromatic heterocycles. The molecule has 19 heavy (non-hydrogen) atoms. The summed E-state index contributed by atoms with van der Waals surface area (Å²) in [6, 6.07) is 0. The van der Waals surface area contributed by atoms with Gasteiger partial charge in [-0.1, -0.05) is 19.4 Å². The Morgan fingerprint density at radius 2 is 2.32 bits per heavy atom. The fourth-order valence-electron chi connectivity index (χ4n) is 2.43. The van der Waals surface area contributed by atoms with Crippen LogP contribution in [0.3, 0.4) is 0 Å². The van der Waals surface area contributed by atoms with E-state index in [4.69, 9.17) is 14.2 Å². The molecule has 1 saturated heterocycles. The maximum absolute atomic E-state index is 11.2. The van der Waals surface area contributed by atoms with Crippen molar-refractivity contribution in [2.75, 3.05) is 13.7 Å². The number of rotatable bonds is 6. The molecule has 0 radical (unpaired) electrons. The van der Waals surface area contributed by atoms with Gasteiger partial charge in [-0.2, -0.15) is 0 Å². The molecule has 0 amide bonds. The summed E-state index contributed by atoms with van der Waals surface area (Å²) in [5.41, 5.74) is 0. The zero-order valence-corrected chi connectivity index (χ0v) is 11.7. The predicted molar refractivity (Wildman–Crippen MR) is 71.3 cm³/mol. The van der Waals surface area contributed by atoms with Crippen molar-refractivity contribution in [3.63, 3.8) is 0 Å². The Hall–Kier alpha value is -1.45. The van der Waals surface area contributed by atoms with Crippen LogP contribution in [0.15, 0.2) is 23.7 Å². The Morgan fingerprint density at radius 3 is 2.95 bits per heavy atom. The molecule has 2 atom stereocenters. The number of cyclic esters (lactones) is 1. The molecule has 4 heteroatoms. The highest BCUT2D eigenvalue weighted by molar-refractivity contribution is 5.71. The molecule has 106 valence electrons. The lowest BCUT2D eigenvalue weighted by atomic mass is 9.91. The lowest BCUT2D eigenvalue weighted by Crippen LogP contribution is -2.22. The van der Waals surface area contributed by atoms with Gasteiger partial charge < -0.3 is 14.2 Å². The normalized spacial score (nSPS) is 26.5. The van der Waals surface area contributed by atoms with E-state index in [2.05, 4.69) is 13.0 Å². The molecule has 1 heterocycles. The summed E-state index contributed by atoms with van der Waals surface area (Å²) < 4.78 is 16.5. The maximum atomic E-state index is 11.2. The SMILES string of the molecule is CCCCOC1=C(OC)C[C@@H](C2CCC(=O)O2)C=C1. The molecule has 2 rings (SSSR count). The highest BCUT2D eigenvalue weighted by Crippen LogP contribution is 2.32. The van der Waals surface area contributed by atoms with E-state index < -0.39 is 0 Å². The number of carbonyl (C=O) groups excluding carboxylic acids is 1. The second kappa shape index (κ2) is 6.64. The van der Waals surface area contributed by atoms with E-state index in [0.29, 0.717) is 13.0 Å². The minimum Gasteiger partial charge on any atom is -0.497 e. The number of esters is 1. The van der Waals surface area contributed by atoms with Gasteiger partial charge in [-0.25, -0.2) is 0 Å². The van der Waals surface area contributed by atoms with E-state index in [0.717, 1.165) is 37.2 Å². The first kappa shape index (κ1) is 14.0. The van der Waals surface area contributed by atoms with E-state index >= 15 is 0 Å². The van der Waals surface area contributed by atoms with E-state index in [9.17, 15) is 4.79 Å². The lowest BCUT2D eigenvalue weighted by molar-refractivity contribution is -0.142. The van der Waals surface area contributed by atoms with Crippen molar-refractivity contribution >= 4 is 5.97 Å². The molecule has 4 nitrogen and oxygen atoms in total. The van der Waals surface area contributed by atoms with Gasteiger partial charge >= 0.3 is 5.97 Å². The van der Waals surface area contributed by atoms with Crippen LogP contribution in [0.1, 0.15) is 39.0 Å². The first-order valence-electron chi connectivity index (χ1n) is 7.02. The molecule has 0 spiro atoms. The Labute approximate surface area is 114 Å². The van der Waals surface area contributed by atoms with Gasteiger partial charge in [0.25, 0.3) is 0 Å². The third kappa shape index (κ3) is 3.52. The second-order valence-corrected chi connectivity index (χ2v) is 4.99. The van der Waals surface area contributed by atoms with Gasteiger partial charge in [0.15, 0.2) is 5.76 Å². The van der Waals surface area contributed by atoms with Crippen molar-refractivity contribution in [3.05, 3.63) is 23.7 Å². The first-order chi connectivity index (χ1) is 9.24. The summed E-state index contributed by atoms with van der Waals surface area (Å²) >= 11 is 0. The van der Waals surface area contributed by atoms with E-state index in [1.165, 1.54) is 0 Å². The maximum Gasteiger partial charge on any atom is 0.306 e. The average Bonchev–Trinajstić information content (AvgIpc) is 2.86. The van der Waals surface area contributed by atoms with Crippen molar-refractivity contribution < 1.29 is 19.0 Å². The fraction of sp³-hybridized carbons (Fsp3) is 0.667. The van der Waals surface area contributed by atoms with Crippen molar-refractivity contribution in [2.24, 2.45) is 5.92 Å². The van der Waals surface area contributed by atoms with Crippen LogP contribution in [0.25, 0.3) is 0 Å². The lowest BCUT2D eigenvalue weighted by Gasteiger charge is -2.25. The van der Waals surface area contributed by atoms with E-state index in [1.54, 1.807) is 7.11 Å². The highest BCUT2D eigenvalue weighted by Gasteiger charge is 2.32. The van der Waals surface area contributed by atoms with Crippen LogP contribution < -0.4 is 0 Å². The number of hydrogen-bond donors (Lipinski definition) is 0. The van der Waals surface area contributed by atoms with Gasteiger partial charge in [0, 0.05) is 18.8 Å². The van der Waals surface area contributed by atoms with Crippen LogP contribution >= 0.6 is 0 Å². The first-order valence-corrected chi connectivity index (χ1v) is 7.02. The van der Waals surface area contributed by atoms with Gasteiger partial charge in [-0.15, -0.1) is 0 Å². The van der Waals surface area contributed by atoms with Crippen LogP contribution in [0.4, 0.5) is 0 Å². The summed E-state index contributed by atoms with van der Waals surface area (Å²) in [5, 5.41) is 0. The van der Waals surface area contributed by atoms with E-state index in [1.807, 2.05) is 6.08 Å². The van der Waals surface area contributed by atoms with Crippen LogP contribution in [0.5, 0.6) is 0 Å². The van der Waals surface area contributed by atoms with Crippen molar-refractivity contribution in [3.8, 4) is 0 Å². The number of carbonyl (C=O) groups is 1. The average molecular weight is 266 g/mol. The molecular weight excluding hydrogens is 244 g/mol. The van der Waals surface area contributed by atoms with Crippen LogP contribution in [-0.4, -0.2) is 25.8 Å². The zero-order chi connectivity index (χ0) is 13.7. The van der Waals surface area contributed by atoms with Crippen molar-refractivity contribution in [2.45, 2.75) is 45.1 Å². The molecule has 0 aromatic rings. The van der Waals surface area contributed by atoms with Gasteiger partial charge in [-0.3, -0.25) is 4.79 Å². The number of ether oxygens (including phenoxy) is 3. The summed E-state index contributed by atoms with van der Waals surface area (Å²) in [6.45, 7) is 2.85. The minimum absolute atomic E-state index is 0.00825. The molecule has 0 aromatic carbocycles. The van der Waals surface area contributed by atoms with Crippen molar-refractivity contribution in [1.82, 2.24) is 0 Å². The Bertz CT molecular complexity index is 384. The molecule has 0 N–H and O–H groups in total. The minimum atomic E-state index is -0.0914. The van der Waals surface area contributed by atoms with Gasteiger partial charge in [0.1, 0.15) is 11.9 Å². The topological polar surface area (TPSA) is 44.8 Å². The fourth-order valence-corrected chi connectivity index (χ4v) is 2.43. The highest BCUT2D eigenvalue weighted by atomic mass is 16.6. The van der Waals surface area contributed by atoms with Gasteiger partial charge in [0.2, 0.25) is 0 Å². The standard InChI is InChI=1S/C15H22O4/c1-3-4-9-18-13-6-5-11(10-14(13)17-2)12-7-8-15(16)19-12/h5-6,11-12H,3-4,7-10H2,1-2H3/t11-,12?/m0/s1. The van der Waals surface area contributed by atoms with Crippen LogP contribution in [0, 0.1) is 5.92 Å². The smallest absolute Gasteiger partial charge is 0.306 e. The Kier molecular flexibility index (Phi) is 4.88. The van der Waals surface area contributed by atoms with Gasteiger partial charge in [-0.05, 0) is 18.9 Å². The zero-order valence-electron chi connectivity index (χ0n) is 11.7. The number of unbranched alkanes of at least 4 members (excludes halogenated alkanes) is 1. The molecule has 0 saturated carbocycles. The van der Waals surface area contributed by atoms with Crippen molar-refractivity contribution in [1.29, 1.82) is 0 Å². The molecule has 1 aliphatic heterocycles. The Balaban J connectivity index is 1.94. The molecule has 2 aliphatic rings. The third-order valence-electron chi connectivity index (χ3n) is 3.59. The summed E-state index contributed by atoms with van der Waals surface area (Å²) in [6.07, 6.45) is 8.25. The third-order valence-corrected chi connectivity index (χ3v) is 3.59. The monoisotopic (exact) mass is 266 g/mol. The number of hydrogen-bond acceptors (Lipinski definition) is 4. The van der Waals surface area contributed by atoms with Crippen LogP contribution in [0.2, 0.25) is 0 Å². The Morgan fingerprint density at radius 1 is 1.47 bits per heavy atom. The van der Waals surface area contributed by atoms with E-state index in [-0.39, 0.29) is 18.0 Å². The molecule has 1 aliphatic carbocycles. The second-order valence-electron chi connectivity index (χ2n) is 4.99. The molecule has 1 fully saturated rings. The van der Waals surface area contributed by atoms with Crippen LogP contribution in [-0.2, 0) is 19.0 Å². The molecule has 0 bridgehead atoms. The summed E-state index contributed by atoms with van der Waals surface area (Å²) in [5.74, 6) is 1.79. The summed E-state index contributed by atoms with van der Waals surface area (Å²) in [4.78, 5) is 11.2. The quantitative estimate of drug-likeness (QED) is 0.547. The molecular formula is C15H22O4. The predicted octanol–water partition coefficient (Wildman–Crippen LogP) is 2.94. The number of allylic oxidation sites excluding steroid dienone is 2. The molecule has 1 unspecified atom stereocenters. The summed E-state index contributed by atoms with van der Waals surface area (Å²) in [7, 11) is 1.66. The van der Waals surface area contributed by atoms with Gasteiger partial charge in [0.05, 0.1) is 13.7 Å². The number of methoxy groups -OCH3 is 1. The largest absolute Gasteiger partial charge is 0.497 e.